The van der Waals surface area contributed by atoms with Gasteiger partial charge in [-0.05, 0) is 57.0 Å². The van der Waals surface area contributed by atoms with Crippen LogP contribution in [0.15, 0.2) is 48.5 Å². The van der Waals surface area contributed by atoms with Crippen molar-refractivity contribution in [3.05, 3.63) is 59.7 Å². The van der Waals surface area contributed by atoms with Crippen LogP contribution in [0.4, 0.5) is 5.69 Å². The summed E-state index contributed by atoms with van der Waals surface area (Å²) in [6.45, 7) is 4.51. The summed E-state index contributed by atoms with van der Waals surface area (Å²) < 4.78 is 32.0. The first kappa shape index (κ1) is 19.8. The number of hydrogen-bond donors (Lipinski definition) is 1. The van der Waals surface area contributed by atoms with Crippen molar-refractivity contribution in [1.29, 1.82) is 0 Å². The highest BCUT2D eigenvalue weighted by Gasteiger charge is 2.34. The van der Waals surface area contributed by atoms with Crippen molar-refractivity contribution >= 4 is 21.6 Å². The minimum Gasteiger partial charge on any atom is -0.487 e. The van der Waals surface area contributed by atoms with Gasteiger partial charge in [-0.1, -0.05) is 18.2 Å². The molecule has 0 unspecified atom stereocenters. The molecule has 0 saturated carbocycles. The SMILES string of the molecule is CC1(C)C[C@@H](NC(=O)c2ccc(N3CCCCS3(=O)=O)cc2)c2ccccc2O1. The van der Waals surface area contributed by atoms with Gasteiger partial charge in [-0.3, -0.25) is 9.10 Å². The fourth-order valence-electron chi connectivity index (χ4n) is 4.03. The van der Waals surface area contributed by atoms with E-state index in [9.17, 15) is 13.2 Å². The Morgan fingerprint density at radius 1 is 1.10 bits per heavy atom. The molecular formula is C22H26N2O4S. The predicted molar refractivity (Wildman–Crippen MR) is 113 cm³/mol. The van der Waals surface area contributed by atoms with E-state index in [4.69, 9.17) is 4.74 Å². The Kier molecular flexibility index (Phi) is 5.02. The molecule has 0 spiro atoms. The summed E-state index contributed by atoms with van der Waals surface area (Å²) in [5.74, 6) is 0.782. The molecule has 4 rings (SSSR count). The van der Waals surface area contributed by atoms with E-state index in [1.807, 2.05) is 38.1 Å². The topological polar surface area (TPSA) is 75.7 Å². The second-order valence-electron chi connectivity index (χ2n) is 8.27. The number of nitrogens with one attached hydrogen (secondary N) is 1. The van der Waals surface area contributed by atoms with Crippen LogP contribution in [0.2, 0.25) is 0 Å². The zero-order chi connectivity index (χ0) is 20.6. The minimum atomic E-state index is -3.26. The number of hydrogen-bond acceptors (Lipinski definition) is 4. The number of anilines is 1. The third kappa shape index (κ3) is 4.10. The van der Waals surface area contributed by atoms with E-state index >= 15 is 0 Å². The van der Waals surface area contributed by atoms with Crippen LogP contribution in [0.25, 0.3) is 0 Å². The van der Waals surface area contributed by atoms with Gasteiger partial charge in [0.15, 0.2) is 0 Å². The van der Waals surface area contributed by atoms with E-state index in [0.29, 0.717) is 30.6 Å². The summed E-state index contributed by atoms with van der Waals surface area (Å²) >= 11 is 0. The highest BCUT2D eigenvalue weighted by molar-refractivity contribution is 7.92. The van der Waals surface area contributed by atoms with Gasteiger partial charge in [-0.2, -0.15) is 0 Å². The van der Waals surface area contributed by atoms with Crippen LogP contribution in [-0.2, 0) is 10.0 Å². The lowest BCUT2D eigenvalue weighted by Gasteiger charge is -2.37. The number of amides is 1. The second kappa shape index (κ2) is 7.37. The minimum absolute atomic E-state index is 0.149. The molecule has 1 N–H and O–H groups in total. The Balaban J connectivity index is 1.52. The van der Waals surface area contributed by atoms with Crippen LogP contribution < -0.4 is 14.4 Å². The van der Waals surface area contributed by atoms with E-state index < -0.39 is 10.0 Å². The molecule has 6 nitrogen and oxygen atoms in total. The van der Waals surface area contributed by atoms with Crippen LogP contribution in [0.3, 0.4) is 0 Å². The van der Waals surface area contributed by atoms with Gasteiger partial charge in [0.2, 0.25) is 10.0 Å². The van der Waals surface area contributed by atoms with E-state index in [1.165, 1.54) is 4.31 Å². The molecule has 2 heterocycles. The van der Waals surface area contributed by atoms with Crippen molar-refractivity contribution in [3.8, 4) is 5.75 Å². The fraction of sp³-hybridized carbons (Fsp3) is 0.409. The molecule has 2 aromatic rings. The third-order valence-electron chi connectivity index (χ3n) is 5.45. The van der Waals surface area contributed by atoms with Gasteiger partial charge in [-0.25, -0.2) is 8.42 Å². The molecule has 0 aliphatic carbocycles. The number of carbonyl (C=O) groups is 1. The first-order valence-electron chi connectivity index (χ1n) is 9.94. The Labute approximate surface area is 171 Å². The van der Waals surface area contributed by atoms with Crippen LogP contribution in [-0.4, -0.2) is 32.2 Å². The number of para-hydroxylation sites is 1. The molecule has 1 atom stereocenters. The molecular weight excluding hydrogens is 388 g/mol. The number of ether oxygens (including phenoxy) is 1. The summed E-state index contributed by atoms with van der Waals surface area (Å²) in [5.41, 5.74) is 1.71. The van der Waals surface area contributed by atoms with Gasteiger partial charge >= 0.3 is 0 Å². The maximum Gasteiger partial charge on any atom is 0.251 e. The molecule has 154 valence electrons. The fourth-order valence-corrected chi connectivity index (χ4v) is 5.67. The molecule has 0 aromatic heterocycles. The summed E-state index contributed by atoms with van der Waals surface area (Å²) in [6, 6.07) is 14.4. The first-order valence-corrected chi connectivity index (χ1v) is 11.6. The molecule has 2 aliphatic heterocycles. The lowest BCUT2D eigenvalue weighted by atomic mass is 9.89. The van der Waals surface area contributed by atoms with Crippen LogP contribution in [0.5, 0.6) is 5.75 Å². The van der Waals surface area contributed by atoms with Crippen molar-refractivity contribution < 1.29 is 17.9 Å². The average Bonchev–Trinajstić information content (AvgIpc) is 2.67. The summed E-state index contributed by atoms with van der Waals surface area (Å²) in [4.78, 5) is 12.9. The third-order valence-corrected chi connectivity index (χ3v) is 7.32. The normalized spacial score (nSPS) is 22.3. The van der Waals surface area contributed by atoms with Crippen molar-refractivity contribution in [1.82, 2.24) is 5.32 Å². The Morgan fingerprint density at radius 2 is 1.83 bits per heavy atom. The monoisotopic (exact) mass is 414 g/mol. The maximum absolute atomic E-state index is 12.9. The number of carbonyl (C=O) groups excluding carboxylic acids is 1. The number of benzene rings is 2. The van der Waals surface area contributed by atoms with Gasteiger partial charge in [0.1, 0.15) is 11.4 Å². The van der Waals surface area contributed by atoms with Crippen molar-refractivity contribution in [2.24, 2.45) is 0 Å². The number of fused-ring (bicyclic) bond motifs is 1. The molecule has 7 heteroatoms. The Hall–Kier alpha value is -2.54. The zero-order valence-corrected chi connectivity index (χ0v) is 17.5. The Bertz CT molecular complexity index is 1020. The molecule has 2 aliphatic rings. The molecule has 1 fully saturated rings. The average molecular weight is 415 g/mol. The van der Waals surface area contributed by atoms with Gasteiger partial charge in [0.25, 0.3) is 5.91 Å². The molecule has 0 bridgehead atoms. The van der Waals surface area contributed by atoms with Crippen LogP contribution >= 0.6 is 0 Å². The summed E-state index contributed by atoms with van der Waals surface area (Å²) in [5, 5.41) is 3.11. The van der Waals surface area contributed by atoms with Gasteiger partial charge in [-0.15, -0.1) is 0 Å². The first-order chi connectivity index (χ1) is 13.8. The van der Waals surface area contributed by atoms with E-state index in [1.54, 1.807) is 24.3 Å². The largest absolute Gasteiger partial charge is 0.487 e. The van der Waals surface area contributed by atoms with Crippen molar-refractivity contribution in [2.75, 3.05) is 16.6 Å². The predicted octanol–water partition coefficient (Wildman–Crippen LogP) is 3.65. The van der Waals surface area contributed by atoms with E-state index in [2.05, 4.69) is 5.32 Å². The lowest BCUT2D eigenvalue weighted by Crippen LogP contribution is -2.41. The van der Waals surface area contributed by atoms with E-state index in [0.717, 1.165) is 17.7 Å². The van der Waals surface area contributed by atoms with Crippen molar-refractivity contribution in [2.45, 2.75) is 44.8 Å². The van der Waals surface area contributed by atoms with Crippen molar-refractivity contribution in [3.63, 3.8) is 0 Å². The highest BCUT2D eigenvalue weighted by Crippen LogP contribution is 2.39. The van der Waals surface area contributed by atoms with E-state index in [-0.39, 0.29) is 23.3 Å². The quantitative estimate of drug-likeness (QED) is 0.832. The molecule has 1 saturated heterocycles. The van der Waals surface area contributed by atoms with Gasteiger partial charge < -0.3 is 10.1 Å². The number of nitrogens with zero attached hydrogens (tertiary/aromatic N) is 1. The molecule has 0 radical (unpaired) electrons. The molecule has 2 aromatic carbocycles. The number of rotatable bonds is 3. The van der Waals surface area contributed by atoms with Gasteiger partial charge in [0, 0.05) is 24.1 Å². The lowest BCUT2D eigenvalue weighted by molar-refractivity contribution is 0.0619. The highest BCUT2D eigenvalue weighted by atomic mass is 32.2. The Morgan fingerprint density at radius 3 is 2.55 bits per heavy atom. The smallest absolute Gasteiger partial charge is 0.251 e. The number of sulfonamides is 1. The van der Waals surface area contributed by atoms with Gasteiger partial charge in [0.05, 0.1) is 17.5 Å². The second-order valence-corrected chi connectivity index (χ2v) is 10.3. The van der Waals surface area contributed by atoms with Crippen LogP contribution in [0, 0.1) is 0 Å². The molecule has 1 amide bonds. The van der Waals surface area contributed by atoms with Crippen LogP contribution in [0.1, 0.15) is 55.1 Å². The summed E-state index contributed by atoms with van der Waals surface area (Å²) in [7, 11) is -3.26. The zero-order valence-electron chi connectivity index (χ0n) is 16.7. The standard InChI is InChI=1S/C22H26N2O4S/c1-22(2)15-19(18-7-3-4-8-20(18)28-22)23-21(25)16-9-11-17(12-10-16)24-13-5-6-14-29(24,26)27/h3-4,7-12,19H,5-6,13-15H2,1-2H3,(H,23,25)/t19-/m1/s1. The molecule has 29 heavy (non-hydrogen) atoms. The maximum atomic E-state index is 12.9. The summed E-state index contributed by atoms with van der Waals surface area (Å²) in [6.07, 6.45) is 2.21.